The number of hydrogen-bond donors (Lipinski definition) is 0. The molecule has 0 amide bonds. The van der Waals surface area contributed by atoms with Gasteiger partial charge in [-0.25, -0.2) is 8.42 Å². The van der Waals surface area contributed by atoms with Crippen LogP contribution in [0.5, 0.6) is 0 Å². The molecule has 0 aromatic heterocycles. The van der Waals surface area contributed by atoms with Gasteiger partial charge in [0.1, 0.15) is 11.6 Å². The first kappa shape index (κ1) is 14.4. The van der Waals surface area contributed by atoms with Crippen molar-refractivity contribution >= 4 is 16.0 Å². The number of ether oxygens (including phenoxy) is 1. The molecule has 0 aromatic rings. The fourth-order valence-electron chi connectivity index (χ4n) is 1.84. The molecule has 1 aliphatic heterocycles. The van der Waals surface area contributed by atoms with Crippen molar-refractivity contribution < 1.29 is 17.9 Å². The lowest BCUT2D eigenvalue weighted by atomic mass is 10.2. The van der Waals surface area contributed by atoms with Gasteiger partial charge in [0.15, 0.2) is 0 Å². The number of sulfonamides is 1. The third-order valence-electron chi connectivity index (χ3n) is 2.60. The number of nitrogens with zero attached hydrogens (tertiary/aromatic N) is 1. The molecule has 5 nitrogen and oxygen atoms in total. The van der Waals surface area contributed by atoms with Crippen molar-refractivity contribution in [3.8, 4) is 0 Å². The molecule has 0 unspecified atom stereocenters. The Kier molecular flexibility index (Phi) is 4.19. The third-order valence-corrected chi connectivity index (χ3v) is 4.49. The molecule has 0 aromatic carbocycles. The molecule has 6 heteroatoms. The molecule has 1 aliphatic rings. The van der Waals surface area contributed by atoms with Crippen molar-refractivity contribution in [3.63, 3.8) is 0 Å². The Morgan fingerprint density at radius 2 is 2.00 bits per heavy atom. The summed E-state index contributed by atoms with van der Waals surface area (Å²) in [7, 11) is -3.32. The van der Waals surface area contributed by atoms with E-state index in [1.54, 1.807) is 27.7 Å². The molecule has 1 fully saturated rings. The highest BCUT2D eigenvalue weighted by Crippen LogP contribution is 2.24. The summed E-state index contributed by atoms with van der Waals surface area (Å²) in [6.07, 6.45) is 1.26. The number of carbonyl (C=O) groups excluding carboxylic acids is 1. The van der Waals surface area contributed by atoms with Crippen LogP contribution < -0.4 is 0 Å². The normalized spacial score (nSPS) is 22.7. The van der Waals surface area contributed by atoms with Crippen molar-refractivity contribution in [2.24, 2.45) is 0 Å². The minimum absolute atomic E-state index is 0.0201. The lowest BCUT2D eigenvalue weighted by Gasteiger charge is -2.26. The smallest absolute Gasteiger partial charge is 0.324 e. The largest absolute Gasteiger partial charge is 0.459 e. The van der Waals surface area contributed by atoms with E-state index in [0.29, 0.717) is 19.4 Å². The third kappa shape index (κ3) is 3.67. The maximum absolute atomic E-state index is 11.9. The van der Waals surface area contributed by atoms with Crippen LogP contribution >= 0.6 is 0 Å². The summed E-state index contributed by atoms with van der Waals surface area (Å²) in [5.74, 6) is -0.418. The average Bonchev–Trinajstić information content (AvgIpc) is 2.63. The summed E-state index contributed by atoms with van der Waals surface area (Å²) < 4.78 is 30.1. The van der Waals surface area contributed by atoms with Crippen LogP contribution in [0.2, 0.25) is 0 Å². The van der Waals surface area contributed by atoms with Crippen molar-refractivity contribution in [2.45, 2.75) is 52.2 Å². The fraction of sp³-hybridized carbons (Fsp3) is 0.909. The van der Waals surface area contributed by atoms with E-state index in [4.69, 9.17) is 4.74 Å². The molecule has 1 saturated heterocycles. The van der Waals surface area contributed by atoms with E-state index in [0.717, 1.165) is 0 Å². The van der Waals surface area contributed by atoms with Crippen LogP contribution in [-0.2, 0) is 19.6 Å². The topological polar surface area (TPSA) is 63.7 Å². The molecule has 1 atom stereocenters. The first-order valence-electron chi connectivity index (χ1n) is 5.90. The van der Waals surface area contributed by atoms with Crippen LogP contribution in [0.3, 0.4) is 0 Å². The Labute approximate surface area is 103 Å². The van der Waals surface area contributed by atoms with Crippen molar-refractivity contribution in [1.82, 2.24) is 4.31 Å². The quantitative estimate of drug-likeness (QED) is 0.716. The average molecular weight is 263 g/mol. The molecule has 1 heterocycles. The van der Waals surface area contributed by atoms with Gasteiger partial charge in [0.2, 0.25) is 10.0 Å². The summed E-state index contributed by atoms with van der Waals surface area (Å²) in [4.78, 5) is 11.9. The van der Waals surface area contributed by atoms with Crippen LogP contribution in [0.15, 0.2) is 0 Å². The summed E-state index contributed by atoms with van der Waals surface area (Å²) in [6, 6.07) is -0.640. The molecule has 0 aliphatic carbocycles. The lowest BCUT2D eigenvalue weighted by molar-refractivity contribution is -0.158. The van der Waals surface area contributed by atoms with Gasteiger partial charge in [-0.1, -0.05) is 0 Å². The first-order chi connectivity index (χ1) is 7.67. The zero-order valence-corrected chi connectivity index (χ0v) is 11.7. The van der Waals surface area contributed by atoms with E-state index in [9.17, 15) is 13.2 Å². The second kappa shape index (κ2) is 4.94. The zero-order valence-electron chi connectivity index (χ0n) is 10.9. The summed E-state index contributed by atoms with van der Waals surface area (Å²) in [6.45, 7) is 7.33. The molecule has 0 N–H and O–H groups in total. The van der Waals surface area contributed by atoms with E-state index >= 15 is 0 Å². The van der Waals surface area contributed by atoms with Gasteiger partial charge in [0.25, 0.3) is 0 Å². The van der Waals surface area contributed by atoms with E-state index in [-0.39, 0.29) is 5.75 Å². The molecular formula is C11H21NO4S. The fourth-order valence-corrected chi connectivity index (χ4v) is 3.16. The van der Waals surface area contributed by atoms with Crippen LogP contribution in [0.25, 0.3) is 0 Å². The van der Waals surface area contributed by atoms with Gasteiger partial charge < -0.3 is 4.74 Å². The number of carbonyl (C=O) groups is 1. The maximum atomic E-state index is 11.9. The van der Waals surface area contributed by atoms with Gasteiger partial charge in [-0.2, -0.15) is 4.31 Å². The summed E-state index contributed by atoms with van der Waals surface area (Å²) in [5.41, 5.74) is -0.582. The predicted molar refractivity (Wildman–Crippen MR) is 65.0 cm³/mol. The van der Waals surface area contributed by atoms with Gasteiger partial charge in [-0.05, 0) is 40.5 Å². The number of hydrogen-bond acceptors (Lipinski definition) is 4. The highest BCUT2D eigenvalue weighted by molar-refractivity contribution is 7.89. The van der Waals surface area contributed by atoms with Crippen LogP contribution in [0.1, 0.15) is 40.5 Å². The minimum Gasteiger partial charge on any atom is -0.459 e. The van der Waals surface area contributed by atoms with Gasteiger partial charge in [-0.15, -0.1) is 0 Å². The van der Waals surface area contributed by atoms with Crippen molar-refractivity contribution in [1.29, 1.82) is 0 Å². The molecule has 0 bridgehead atoms. The highest BCUT2D eigenvalue weighted by Gasteiger charge is 2.39. The molecule has 100 valence electrons. The van der Waals surface area contributed by atoms with E-state index in [1.807, 2.05) is 0 Å². The number of esters is 1. The Morgan fingerprint density at radius 3 is 2.47 bits per heavy atom. The Hall–Kier alpha value is -0.620. The Bertz CT molecular complexity index is 383. The first-order valence-corrected chi connectivity index (χ1v) is 7.50. The van der Waals surface area contributed by atoms with Crippen LogP contribution in [0.4, 0.5) is 0 Å². The molecule has 1 rings (SSSR count). The van der Waals surface area contributed by atoms with Gasteiger partial charge in [0.05, 0.1) is 5.75 Å². The van der Waals surface area contributed by atoms with Crippen molar-refractivity contribution in [3.05, 3.63) is 0 Å². The summed E-state index contributed by atoms with van der Waals surface area (Å²) in [5, 5.41) is 0. The molecule has 0 spiro atoms. The van der Waals surface area contributed by atoms with Crippen LogP contribution in [-0.4, -0.2) is 42.6 Å². The van der Waals surface area contributed by atoms with E-state index in [1.165, 1.54) is 4.31 Å². The van der Waals surface area contributed by atoms with Gasteiger partial charge in [0, 0.05) is 6.54 Å². The van der Waals surface area contributed by atoms with Crippen LogP contribution in [0, 0.1) is 0 Å². The lowest BCUT2D eigenvalue weighted by Crippen LogP contribution is -2.44. The van der Waals surface area contributed by atoms with Gasteiger partial charge >= 0.3 is 5.97 Å². The maximum Gasteiger partial charge on any atom is 0.324 e. The minimum atomic E-state index is -3.32. The highest BCUT2D eigenvalue weighted by atomic mass is 32.2. The molecule has 17 heavy (non-hydrogen) atoms. The summed E-state index contributed by atoms with van der Waals surface area (Å²) >= 11 is 0. The molecule has 0 saturated carbocycles. The van der Waals surface area contributed by atoms with E-state index in [2.05, 4.69) is 0 Å². The Morgan fingerprint density at radius 1 is 1.41 bits per heavy atom. The SMILES string of the molecule is CCS(=O)(=O)N1CCC[C@@H]1C(=O)OC(C)(C)C. The van der Waals surface area contributed by atoms with Gasteiger partial charge in [-0.3, -0.25) is 4.79 Å². The Balaban J connectivity index is 2.80. The number of rotatable bonds is 3. The second-order valence-electron chi connectivity index (χ2n) is 5.20. The monoisotopic (exact) mass is 263 g/mol. The van der Waals surface area contributed by atoms with E-state index < -0.39 is 27.6 Å². The molecule has 0 radical (unpaired) electrons. The molecular weight excluding hydrogens is 242 g/mol. The predicted octanol–water partition coefficient (Wildman–Crippen LogP) is 1.14. The zero-order chi connectivity index (χ0) is 13.3. The van der Waals surface area contributed by atoms with Crippen molar-refractivity contribution in [2.75, 3.05) is 12.3 Å². The standard InChI is InChI=1S/C11H21NO4S/c1-5-17(14,15)12-8-6-7-9(12)10(13)16-11(2,3)4/h9H,5-8H2,1-4H3/t9-/m1/s1. The second-order valence-corrected chi connectivity index (χ2v) is 7.41.